The Morgan fingerprint density at radius 2 is 2.22 bits per heavy atom. The van der Waals surface area contributed by atoms with Gasteiger partial charge in [0.1, 0.15) is 0 Å². The van der Waals surface area contributed by atoms with Crippen LogP contribution in [0.3, 0.4) is 0 Å². The molecule has 1 aliphatic heterocycles. The Morgan fingerprint density at radius 1 is 1.50 bits per heavy atom. The SMILES string of the molecule is CCCCS(=O)(=O)N(CC(N)=O)C1CCCNC1. The Balaban J connectivity index is 2.78. The van der Waals surface area contributed by atoms with E-state index < -0.39 is 15.9 Å². The number of unbranched alkanes of at least 4 members (excludes halogenated alkanes) is 1. The minimum absolute atomic E-state index is 0.0906. The zero-order valence-electron chi connectivity index (χ0n) is 10.9. The van der Waals surface area contributed by atoms with Gasteiger partial charge in [-0.2, -0.15) is 4.31 Å². The van der Waals surface area contributed by atoms with Gasteiger partial charge in [0.25, 0.3) is 0 Å². The summed E-state index contributed by atoms with van der Waals surface area (Å²) in [6.07, 6.45) is 3.12. The molecule has 0 radical (unpaired) electrons. The number of hydrogen-bond acceptors (Lipinski definition) is 4. The van der Waals surface area contributed by atoms with Gasteiger partial charge in [-0.25, -0.2) is 8.42 Å². The van der Waals surface area contributed by atoms with Crippen LogP contribution < -0.4 is 11.1 Å². The molecule has 1 atom stereocenters. The summed E-state index contributed by atoms with van der Waals surface area (Å²) in [4.78, 5) is 11.1. The third-order valence-electron chi connectivity index (χ3n) is 3.10. The third kappa shape index (κ3) is 4.55. The molecule has 0 aromatic heterocycles. The Kier molecular flexibility index (Phi) is 6.04. The molecular weight excluding hydrogens is 254 g/mol. The lowest BCUT2D eigenvalue weighted by Gasteiger charge is -2.33. The molecule has 3 N–H and O–H groups in total. The smallest absolute Gasteiger partial charge is 0.232 e. The zero-order chi connectivity index (χ0) is 13.6. The van der Waals surface area contributed by atoms with Crippen molar-refractivity contribution in [1.29, 1.82) is 0 Å². The van der Waals surface area contributed by atoms with Gasteiger partial charge in [0.2, 0.25) is 15.9 Å². The maximum absolute atomic E-state index is 12.2. The summed E-state index contributed by atoms with van der Waals surface area (Å²) in [5, 5.41) is 3.16. The van der Waals surface area contributed by atoms with Gasteiger partial charge in [-0.05, 0) is 25.8 Å². The monoisotopic (exact) mass is 277 g/mol. The second-order valence-electron chi connectivity index (χ2n) is 4.68. The second-order valence-corrected chi connectivity index (χ2v) is 6.72. The summed E-state index contributed by atoms with van der Waals surface area (Å²) in [5.74, 6) is -0.506. The number of primary amides is 1. The van der Waals surface area contributed by atoms with E-state index in [1.165, 1.54) is 4.31 Å². The summed E-state index contributed by atoms with van der Waals surface area (Å²) >= 11 is 0. The molecule has 0 spiro atoms. The van der Waals surface area contributed by atoms with Gasteiger partial charge in [0.15, 0.2) is 0 Å². The summed E-state index contributed by atoms with van der Waals surface area (Å²) < 4.78 is 25.7. The molecule has 0 aromatic rings. The molecule has 1 amide bonds. The van der Waals surface area contributed by atoms with Gasteiger partial charge in [-0.15, -0.1) is 0 Å². The van der Waals surface area contributed by atoms with Crippen LogP contribution in [0.5, 0.6) is 0 Å². The van der Waals surface area contributed by atoms with Crippen LogP contribution in [0.2, 0.25) is 0 Å². The molecular formula is C11H23N3O3S. The molecule has 1 saturated heterocycles. The van der Waals surface area contributed by atoms with Crippen LogP contribution >= 0.6 is 0 Å². The molecule has 7 heteroatoms. The lowest BCUT2D eigenvalue weighted by atomic mass is 10.1. The molecule has 1 rings (SSSR count). The van der Waals surface area contributed by atoms with Crippen molar-refractivity contribution in [3.8, 4) is 0 Å². The molecule has 0 aliphatic carbocycles. The molecule has 1 aliphatic rings. The van der Waals surface area contributed by atoms with E-state index in [1.807, 2.05) is 6.92 Å². The predicted octanol–water partition coefficient (Wildman–Crippen LogP) is -0.344. The zero-order valence-corrected chi connectivity index (χ0v) is 11.7. The van der Waals surface area contributed by atoms with Crippen LogP contribution in [-0.4, -0.2) is 50.1 Å². The Bertz CT molecular complexity index is 364. The highest BCUT2D eigenvalue weighted by Crippen LogP contribution is 2.15. The predicted molar refractivity (Wildman–Crippen MR) is 70.5 cm³/mol. The number of sulfonamides is 1. The van der Waals surface area contributed by atoms with Crippen LogP contribution in [0, 0.1) is 0 Å². The number of nitrogens with one attached hydrogen (secondary N) is 1. The van der Waals surface area contributed by atoms with E-state index in [1.54, 1.807) is 0 Å². The third-order valence-corrected chi connectivity index (χ3v) is 5.05. The van der Waals surface area contributed by atoms with Crippen molar-refractivity contribution in [1.82, 2.24) is 9.62 Å². The fourth-order valence-corrected chi connectivity index (χ4v) is 3.98. The van der Waals surface area contributed by atoms with Crippen LogP contribution in [0.1, 0.15) is 32.6 Å². The van der Waals surface area contributed by atoms with E-state index in [0.717, 1.165) is 25.8 Å². The summed E-state index contributed by atoms with van der Waals surface area (Å²) in [5.41, 5.74) is 5.16. The first-order valence-corrected chi connectivity index (χ1v) is 8.07. The quantitative estimate of drug-likeness (QED) is 0.665. The van der Waals surface area contributed by atoms with Crippen LogP contribution in [-0.2, 0) is 14.8 Å². The van der Waals surface area contributed by atoms with Crippen molar-refractivity contribution in [2.75, 3.05) is 25.4 Å². The number of hydrogen-bond donors (Lipinski definition) is 2. The normalized spacial score (nSPS) is 21.1. The van der Waals surface area contributed by atoms with Crippen molar-refractivity contribution >= 4 is 15.9 Å². The first kappa shape index (κ1) is 15.4. The largest absolute Gasteiger partial charge is 0.369 e. The lowest BCUT2D eigenvalue weighted by molar-refractivity contribution is -0.118. The highest BCUT2D eigenvalue weighted by atomic mass is 32.2. The van der Waals surface area contributed by atoms with Crippen LogP contribution in [0.25, 0.3) is 0 Å². The van der Waals surface area contributed by atoms with E-state index in [2.05, 4.69) is 5.32 Å². The van der Waals surface area contributed by atoms with E-state index in [0.29, 0.717) is 13.0 Å². The van der Waals surface area contributed by atoms with E-state index in [4.69, 9.17) is 5.73 Å². The van der Waals surface area contributed by atoms with Crippen molar-refractivity contribution in [3.63, 3.8) is 0 Å². The van der Waals surface area contributed by atoms with E-state index >= 15 is 0 Å². The van der Waals surface area contributed by atoms with Crippen molar-refractivity contribution in [2.45, 2.75) is 38.6 Å². The molecule has 6 nitrogen and oxygen atoms in total. The number of carbonyl (C=O) groups excluding carboxylic acids is 1. The van der Waals surface area contributed by atoms with Gasteiger partial charge < -0.3 is 11.1 Å². The molecule has 1 unspecified atom stereocenters. The van der Waals surface area contributed by atoms with Gasteiger partial charge in [-0.3, -0.25) is 4.79 Å². The maximum Gasteiger partial charge on any atom is 0.232 e. The topological polar surface area (TPSA) is 92.5 Å². The van der Waals surface area contributed by atoms with Gasteiger partial charge in [0, 0.05) is 12.6 Å². The van der Waals surface area contributed by atoms with Crippen molar-refractivity contribution in [3.05, 3.63) is 0 Å². The summed E-state index contributed by atoms with van der Waals surface area (Å²) in [6.45, 7) is 3.23. The van der Waals surface area contributed by atoms with Crippen molar-refractivity contribution < 1.29 is 13.2 Å². The van der Waals surface area contributed by atoms with Gasteiger partial charge >= 0.3 is 0 Å². The number of piperidine rings is 1. The number of nitrogens with two attached hydrogens (primary N) is 1. The Labute approximate surface area is 109 Å². The molecule has 1 fully saturated rings. The molecule has 1 heterocycles. The highest BCUT2D eigenvalue weighted by molar-refractivity contribution is 7.89. The molecule has 0 aromatic carbocycles. The fraction of sp³-hybridized carbons (Fsp3) is 0.909. The first-order valence-electron chi connectivity index (χ1n) is 6.46. The summed E-state index contributed by atoms with van der Waals surface area (Å²) in [6, 6.07) is -0.145. The van der Waals surface area contributed by atoms with Crippen LogP contribution in [0.15, 0.2) is 0 Å². The Morgan fingerprint density at radius 3 is 2.72 bits per heavy atom. The fourth-order valence-electron chi connectivity index (χ4n) is 2.13. The molecule has 18 heavy (non-hydrogen) atoms. The van der Waals surface area contributed by atoms with Crippen LogP contribution in [0.4, 0.5) is 0 Å². The van der Waals surface area contributed by atoms with Crippen molar-refractivity contribution in [2.24, 2.45) is 5.73 Å². The second kappa shape index (κ2) is 7.06. The van der Waals surface area contributed by atoms with E-state index in [9.17, 15) is 13.2 Å². The number of amides is 1. The average molecular weight is 277 g/mol. The highest BCUT2D eigenvalue weighted by Gasteiger charge is 2.31. The molecule has 106 valence electrons. The lowest BCUT2D eigenvalue weighted by Crippen LogP contribution is -2.51. The minimum Gasteiger partial charge on any atom is -0.369 e. The first-order chi connectivity index (χ1) is 8.47. The molecule has 0 bridgehead atoms. The number of carbonyl (C=O) groups is 1. The maximum atomic E-state index is 12.2. The molecule has 0 saturated carbocycles. The Hall–Kier alpha value is -0.660. The minimum atomic E-state index is -3.39. The van der Waals surface area contributed by atoms with Gasteiger partial charge in [-0.1, -0.05) is 13.3 Å². The van der Waals surface area contributed by atoms with E-state index in [-0.39, 0.29) is 18.3 Å². The summed E-state index contributed by atoms with van der Waals surface area (Å²) in [7, 11) is -3.39. The number of nitrogens with zero attached hydrogens (tertiary/aromatic N) is 1. The number of rotatable bonds is 7. The standard InChI is InChI=1S/C11H23N3O3S/c1-2-3-7-18(16,17)14(9-11(12)15)10-5-4-6-13-8-10/h10,13H,2-9H2,1H3,(H2,12,15). The van der Waals surface area contributed by atoms with Gasteiger partial charge in [0.05, 0.1) is 12.3 Å². The average Bonchev–Trinajstić information content (AvgIpc) is 2.34.